The van der Waals surface area contributed by atoms with Gasteiger partial charge in [0.25, 0.3) is 0 Å². The molecular weight excluding hydrogens is 252 g/mol. The quantitative estimate of drug-likeness (QED) is 0.844. The summed E-state index contributed by atoms with van der Waals surface area (Å²) in [7, 11) is 0. The molecule has 18 heavy (non-hydrogen) atoms. The molecule has 0 bridgehead atoms. The zero-order valence-corrected chi connectivity index (χ0v) is 11.2. The van der Waals surface area contributed by atoms with Crippen molar-refractivity contribution in [2.75, 3.05) is 37.7 Å². The predicted octanol–water partition coefficient (Wildman–Crippen LogP) is 1.91. The summed E-state index contributed by atoms with van der Waals surface area (Å²) in [6.07, 6.45) is 0. The van der Waals surface area contributed by atoms with Crippen molar-refractivity contribution in [1.29, 1.82) is 0 Å². The summed E-state index contributed by atoms with van der Waals surface area (Å²) in [6, 6.07) is 4.26. The molecule has 0 spiro atoms. The zero-order valence-electron chi connectivity index (χ0n) is 10.4. The average molecular weight is 269 g/mol. The number of hydrogen-bond acceptors (Lipinski definition) is 4. The van der Waals surface area contributed by atoms with Crippen LogP contribution in [0.2, 0.25) is 5.02 Å². The van der Waals surface area contributed by atoms with E-state index in [4.69, 9.17) is 21.1 Å². The molecule has 4 nitrogen and oxygen atoms in total. The SMILES string of the molecule is CC1CN(c2cc(Cl)cc3c2OCCO3)CCN1. The molecule has 1 fully saturated rings. The van der Waals surface area contributed by atoms with Gasteiger partial charge in [-0.3, -0.25) is 0 Å². The Morgan fingerprint density at radius 3 is 3.00 bits per heavy atom. The van der Waals surface area contributed by atoms with Crippen molar-refractivity contribution in [3.05, 3.63) is 17.2 Å². The predicted molar refractivity (Wildman–Crippen MR) is 72.1 cm³/mol. The Morgan fingerprint density at radius 1 is 1.33 bits per heavy atom. The van der Waals surface area contributed by atoms with Crippen LogP contribution in [0.5, 0.6) is 11.5 Å². The van der Waals surface area contributed by atoms with Gasteiger partial charge in [0.2, 0.25) is 0 Å². The third kappa shape index (κ3) is 2.22. The van der Waals surface area contributed by atoms with Crippen molar-refractivity contribution >= 4 is 17.3 Å². The Kier molecular flexibility index (Phi) is 3.22. The van der Waals surface area contributed by atoms with Gasteiger partial charge in [0.15, 0.2) is 11.5 Å². The number of anilines is 1. The molecule has 0 aliphatic carbocycles. The molecule has 2 heterocycles. The molecule has 98 valence electrons. The van der Waals surface area contributed by atoms with E-state index in [1.807, 2.05) is 12.1 Å². The number of piperazine rings is 1. The minimum Gasteiger partial charge on any atom is -0.486 e. The van der Waals surface area contributed by atoms with Crippen LogP contribution in [0.25, 0.3) is 0 Å². The average Bonchev–Trinajstić information content (AvgIpc) is 2.37. The fourth-order valence-electron chi connectivity index (χ4n) is 2.49. The summed E-state index contributed by atoms with van der Waals surface area (Å²) in [5.41, 5.74) is 1.05. The Bertz CT molecular complexity index is 453. The number of rotatable bonds is 1. The molecule has 1 saturated heterocycles. The fourth-order valence-corrected chi connectivity index (χ4v) is 2.69. The van der Waals surface area contributed by atoms with E-state index in [1.165, 1.54) is 0 Å². The lowest BCUT2D eigenvalue weighted by Crippen LogP contribution is -2.49. The Morgan fingerprint density at radius 2 is 2.17 bits per heavy atom. The molecule has 0 amide bonds. The molecule has 1 N–H and O–H groups in total. The molecule has 1 aromatic rings. The van der Waals surface area contributed by atoms with Gasteiger partial charge in [0.1, 0.15) is 13.2 Å². The fraction of sp³-hybridized carbons (Fsp3) is 0.538. The third-order valence-corrected chi connectivity index (χ3v) is 3.51. The number of halogens is 1. The largest absolute Gasteiger partial charge is 0.486 e. The van der Waals surface area contributed by atoms with Crippen LogP contribution in [0.15, 0.2) is 12.1 Å². The highest BCUT2D eigenvalue weighted by Gasteiger charge is 2.24. The first-order valence-corrected chi connectivity index (χ1v) is 6.69. The third-order valence-electron chi connectivity index (χ3n) is 3.30. The molecule has 2 aliphatic heterocycles. The highest BCUT2D eigenvalue weighted by atomic mass is 35.5. The van der Waals surface area contributed by atoms with E-state index in [2.05, 4.69) is 17.1 Å². The van der Waals surface area contributed by atoms with Crippen molar-refractivity contribution in [1.82, 2.24) is 5.32 Å². The number of nitrogens with zero attached hydrogens (tertiary/aromatic N) is 1. The first-order chi connectivity index (χ1) is 8.74. The van der Waals surface area contributed by atoms with Crippen LogP contribution in [0, 0.1) is 0 Å². The first-order valence-electron chi connectivity index (χ1n) is 6.31. The molecular formula is C13H17ClN2O2. The summed E-state index contributed by atoms with van der Waals surface area (Å²) >= 11 is 6.16. The van der Waals surface area contributed by atoms with Crippen molar-refractivity contribution in [3.63, 3.8) is 0 Å². The van der Waals surface area contributed by atoms with Crippen LogP contribution in [0.1, 0.15) is 6.92 Å². The van der Waals surface area contributed by atoms with Crippen molar-refractivity contribution in [2.45, 2.75) is 13.0 Å². The van der Waals surface area contributed by atoms with Gasteiger partial charge in [-0.25, -0.2) is 0 Å². The molecule has 1 atom stereocenters. The molecule has 0 saturated carbocycles. The molecule has 1 unspecified atom stereocenters. The van der Waals surface area contributed by atoms with Gasteiger partial charge < -0.3 is 19.7 Å². The van der Waals surface area contributed by atoms with Crippen LogP contribution in [-0.2, 0) is 0 Å². The van der Waals surface area contributed by atoms with Crippen LogP contribution < -0.4 is 19.7 Å². The van der Waals surface area contributed by atoms with Gasteiger partial charge in [-0.05, 0) is 13.0 Å². The van der Waals surface area contributed by atoms with Gasteiger partial charge in [0, 0.05) is 36.8 Å². The lowest BCUT2D eigenvalue weighted by atomic mass is 10.1. The Hall–Kier alpha value is -1.13. The number of ether oxygens (including phenoxy) is 2. The monoisotopic (exact) mass is 268 g/mol. The standard InChI is InChI=1S/C13H17ClN2O2/c1-9-8-16(3-2-15-9)11-6-10(14)7-12-13(11)18-5-4-17-12/h6-7,9,15H,2-5,8H2,1H3. The second kappa shape index (κ2) is 4.86. The molecule has 1 aromatic carbocycles. The minimum atomic E-state index is 0.470. The summed E-state index contributed by atoms with van der Waals surface area (Å²) in [5.74, 6) is 1.59. The molecule has 2 aliphatic rings. The van der Waals surface area contributed by atoms with Crippen molar-refractivity contribution in [2.24, 2.45) is 0 Å². The number of nitrogens with one attached hydrogen (secondary N) is 1. The van der Waals surface area contributed by atoms with Crippen molar-refractivity contribution < 1.29 is 9.47 Å². The number of hydrogen-bond donors (Lipinski definition) is 1. The summed E-state index contributed by atoms with van der Waals surface area (Å²) in [4.78, 5) is 2.31. The van der Waals surface area contributed by atoms with E-state index >= 15 is 0 Å². The van der Waals surface area contributed by atoms with Gasteiger partial charge in [-0.15, -0.1) is 0 Å². The van der Waals surface area contributed by atoms with Gasteiger partial charge >= 0.3 is 0 Å². The van der Waals surface area contributed by atoms with Gasteiger partial charge in [-0.2, -0.15) is 0 Å². The number of fused-ring (bicyclic) bond motifs is 1. The Labute approximate surface area is 112 Å². The van der Waals surface area contributed by atoms with Crippen LogP contribution in [-0.4, -0.2) is 38.9 Å². The second-order valence-corrected chi connectivity index (χ2v) is 5.19. The summed E-state index contributed by atoms with van der Waals surface area (Å²) in [6.45, 7) is 6.26. The van der Waals surface area contributed by atoms with Crippen LogP contribution >= 0.6 is 11.6 Å². The highest BCUT2D eigenvalue weighted by Crippen LogP contribution is 2.42. The van der Waals surface area contributed by atoms with Crippen LogP contribution in [0.3, 0.4) is 0 Å². The maximum atomic E-state index is 6.16. The maximum Gasteiger partial charge on any atom is 0.184 e. The summed E-state index contributed by atoms with van der Waals surface area (Å²) in [5, 5.41) is 4.12. The van der Waals surface area contributed by atoms with E-state index in [9.17, 15) is 0 Å². The van der Waals surface area contributed by atoms with Crippen molar-refractivity contribution in [3.8, 4) is 11.5 Å². The molecule has 5 heteroatoms. The first kappa shape index (κ1) is 11.9. The highest BCUT2D eigenvalue weighted by molar-refractivity contribution is 6.31. The van der Waals surface area contributed by atoms with Gasteiger partial charge in [-0.1, -0.05) is 11.6 Å². The van der Waals surface area contributed by atoms with E-state index in [1.54, 1.807) is 0 Å². The molecule has 0 radical (unpaired) electrons. The normalized spacial score (nSPS) is 23.0. The number of benzene rings is 1. The molecule has 0 aromatic heterocycles. The minimum absolute atomic E-state index is 0.470. The van der Waals surface area contributed by atoms with E-state index in [-0.39, 0.29) is 0 Å². The summed E-state index contributed by atoms with van der Waals surface area (Å²) < 4.78 is 11.4. The Balaban J connectivity index is 1.97. The zero-order chi connectivity index (χ0) is 12.5. The lowest BCUT2D eigenvalue weighted by Gasteiger charge is -2.35. The smallest absolute Gasteiger partial charge is 0.184 e. The van der Waals surface area contributed by atoms with E-state index in [0.29, 0.717) is 24.3 Å². The topological polar surface area (TPSA) is 33.7 Å². The maximum absolute atomic E-state index is 6.16. The second-order valence-electron chi connectivity index (χ2n) is 4.75. The van der Waals surface area contributed by atoms with Gasteiger partial charge in [0.05, 0.1) is 5.69 Å². The van der Waals surface area contributed by atoms with Crippen LogP contribution in [0.4, 0.5) is 5.69 Å². The van der Waals surface area contributed by atoms with E-state index < -0.39 is 0 Å². The molecule has 3 rings (SSSR count). The van der Waals surface area contributed by atoms with E-state index in [0.717, 1.165) is 36.8 Å². The lowest BCUT2D eigenvalue weighted by molar-refractivity contribution is 0.172.